The predicted molar refractivity (Wildman–Crippen MR) is 150 cm³/mol. The average molecular weight is 537 g/mol. The number of hydrogen-bond acceptors (Lipinski definition) is 7. The van der Waals surface area contributed by atoms with Gasteiger partial charge in [-0.2, -0.15) is 0 Å². The number of guanidine groups is 1. The van der Waals surface area contributed by atoms with Crippen LogP contribution in [0.15, 0.2) is 47.5 Å². The van der Waals surface area contributed by atoms with Gasteiger partial charge in [-0.3, -0.25) is 14.9 Å². The van der Waals surface area contributed by atoms with Crippen molar-refractivity contribution >= 4 is 17.8 Å². The number of aliphatic imine (C=N–C) groups is 1. The SMILES string of the molecule is CCC1(CC)CC(=O)NC(N)=N1.COC1COc2ccc(C(=O)NC3CC(C)(C)Oc4ccccc43)cc2C1. The minimum Gasteiger partial charge on any atom is -0.491 e. The van der Waals surface area contributed by atoms with E-state index < -0.39 is 0 Å². The number of carbonyl (C=O) groups excluding carboxylic acids is 2. The van der Waals surface area contributed by atoms with Crippen molar-refractivity contribution in [2.75, 3.05) is 13.7 Å². The van der Waals surface area contributed by atoms with E-state index >= 15 is 0 Å². The summed E-state index contributed by atoms with van der Waals surface area (Å²) in [6.07, 6.45) is 3.67. The third kappa shape index (κ3) is 6.71. The van der Waals surface area contributed by atoms with Gasteiger partial charge in [0.2, 0.25) is 5.91 Å². The lowest BCUT2D eigenvalue weighted by molar-refractivity contribution is -0.121. The van der Waals surface area contributed by atoms with Crippen molar-refractivity contribution in [2.45, 2.75) is 83.1 Å². The van der Waals surface area contributed by atoms with Crippen molar-refractivity contribution in [3.63, 3.8) is 0 Å². The van der Waals surface area contributed by atoms with Crippen molar-refractivity contribution in [2.24, 2.45) is 10.7 Å². The maximum atomic E-state index is 12.9. The molecule has 0 saturated heterocycles. The quantitative estimate of drug-likeness (QED) is 0.530. The van der Waals surface area contributed by atoms with Crippen LogP contribution in [0.5, 0.6) is 11.5 Å². The van der Waals surface area contributed by atoms with Crippen LogP contribution < -0.4 is 25.8 Å². The number of carbonyl (C=O) groups is 2. The van der Waals surface area contributed by atoms with Crippen LogP contribution in [0.4, 0.5) is 0 Å². The third-order valence-electron chi connectivity index (χ3n) is 7.64. The van der Waals surface area contributed by atoms with E-state index in [9.17, 15) is 9.59 Å². The first-order valence-corrected chi connectivity index (χ1v) is 13.6. The number of ether oxygens (including phenoxy) is 3. The minimum absolute atomic E-state index is 0.0220. The fraction of sp³-hybridized carbons (Fsp3) is 0.500. The van der Waals surface area contributed by atoms with Crippen LogP contribution in [0.3, 0.4) is 0 Å². The van der Waals surface area contributed by atoms with Crippen molar-refractivity contribution in [3.05, 3.63) is 59.2 Å². The monoisotopic (exact) mass is 536 g/mol. The van der Waals surface area contributed by atoms with Gasteiger partial charge in [-0.15, -0.1) is 0 Å². The van der Waals surface area contributed by atoms with Gasteiger partial charge in [0, 0.05) is 31.1 Å². The standard InChI is InChI=1S/C22H25NO4.C8H15N3O/c1-22(2)12-18(17-6-4-5-7-20(17)27-22)23-21(24)14-8-9-19-15(10-14)11-16(25-3)13-26-19;1-3-8(4-2)5-6(12)10-7(9)11-8/h4-10,16,18H,11-13H2,1-3H3,(H,23,24);3-5H2,1-2H3,(H3,9,10,11,12). The molecule has 9 nitrogen and oxygen atoms in total. The first kappa shape index (κ1) is 28.4. The molecule has 2 amide bonds. The Morgan fingerprint density at radius 2 is 1.92 bits per heavy atom. The molecule has 0 aromatic heterocycles. The van der Waals surface area contributed by atoms with Gasteiger partial charge in [0.1, 0.15) is 23.7 Å². The van der Waals surface area contributed by atoms with Gasteiger partial charge >= 0.3 is 0 Å². The molecule has 3 aliphatic heterocycles. The number of methoxy groups -OCH3 is 1. The predicted octanol–water partition coefficient (Wildman–Crippen LogP) is 4.05. The Bertz CT molecular complexity index is 1240. The first-order valence-electron chi connectivity index (χ1n) is 13.6. The molecule has 2 aromatic carbocycles. The Labute approximate surface area is 230 Å². The Hall–Kier alpha value is -3.59. The lowest BCUT2D eigenvalue weighted by Gasteiger charge is -2.37. The zero-order chi connectivity index (χ0) is 28.2. The summed E-state index contributed by atoms with van der Waals surface area (Å²) in [4.78, 5) is 28.3. The highest BCUT2D eigenvalue weighted by Crippen LogP contribution is 2.39. The summed E-state index contributed by atoms with van der Waals surface area (Å²) in [5, 5.41) is 5.68. The van der Waals surface area contributed by atoms with Crippen LogP contribution >= 0.6 is 0 Å². The van der Waals surface area contributed by atoms with E-state index in [4.69, 9.17) is 19.9 Å². The Morgan fingerprint density at radius 1 is 1.18 bits per heavy atom. The molecule has 0 fully saturated rings. The molecular formula is C30H40N4O5. The van der Waals surface area contributed by atoms with E-state index in [2.05, 4.69) is 15.6 Å². The van der Waals surface area contributed by atoms with Gasteiger partial charge < -0.3 is 25.3 Å². The molecule has 39 heavy (non-hydrogen) atoms. The summed E-state index contributed by atoms with van der Waals surface area (Å²) < 4.78 is 17.2. The molecule has 0 spiro atoms. The molecule has 210 valence electrons. The van der Waals surface area contributed by atoms with E-state index in [0.717, 1.165) is 48.3 Å². The summed E-state index contributed by atoms with van der Waals surface area (Å²) >= 11 is 0. The van der Waals surface area contributed by atoms with Crippen LogP contribution in [-0.4, -0.2) is 48.7 Å². The number of nitrogens with two attached hydrogens (primary N) is 1. The molecule has 0 bridgehead atoms. The number of nitrogens with one attached hydrogen (secondary N) is 2. The van der Waals surface area contributed by atoms with E-state index in [0.29, 0.717) is 18.6 Å². The topological polar surface area (TPSA) is 124 Å². The average Bonchev–Trinajstić information content (AvgIpc) is 2.91. The molecule has 3 heterocycles. The molecular weight excluding hydrogens is 496 g/mol. The Kier molecular flexibility index (Phi) is 8.49. The fourth-order valence-electron chi connectivity index (χ4n) is 5.30. The number of nitrogens with zero attached hydrogens (tertiary/aromatic N) is 1. The van der Waals surface area contributed by atoms with Gasteiger partial charge in [0.15, 0.2) is 5.96 Å². The Balaban J connectivity index is 0.000000247. The van der Waals surface area contributed by atoms with Crippen LogP contribution in [0, 0.1) is 0 Å². The van der Waals surface area contributed by atoms with Crippen LogP contribution in [0.25, 0.3) is 0 Å². The maximum Gasteiger partial charge on any atom is 0.251 e. The maximum absolute atomic E-state index is 12.9. The third-order valence-corrected chi connectivity index (χ3v) is 7.64. The van der Waals surface area contributed by atoms with Gasteiger partial charge in [-0.05, 0) is 56.5 Å². The van der Waals surface area contributed by atoms with Crippen molar-refractivity contribution in [1.82, 2.24) is 10.6 Å². The van der Waals surface area contributed by atoms with Crippen LogP contribution in [0.1, 0.15) is 80.9 Å². The largest absolute Gasteiger partial charge is 0.491 e. The van der Waals surface area contributed by atoms with E-state index in [1.807, 2.05) is 70.2 Å². The van der Waals surface area contributed by atoms with Gasteiger partial charge in [-0.25, -0.2) is 4.99 Å². The molecule has 0 saturated carbocycles. The number of rotatable bonds is 5. The second-order valence-electron chi connectivity index (χ2n) is 11.0. The molecule has 0 aliphatic carbocycles. The molecule has 3 aliphatic rings. The highest BCUT2D eigenvalue weighted by atomic mass is 16.5. The second kappa shape index (κ2) is 11.7. The van der Waals surface area contributed by atoms with E-state index in [1.165, 1.54) is 0 Å². The highest BCUT2D eigenvalue weighted by Gasteiger charge is 2.35. The summed E-state index contributed by atoms with van der Waals surface area (Å²) in [6.45, 7) is 8.69. The normalized spacial score (nSPS) is 22.3. The lowest BCUT2D eigenvalue weighted by atomic mass is 9.88. The highest BCUT2D eigenvalue weighted by molar-refractivity contribution is 5.98. The number of benzene rings is 2. The molecule has 5 rings (SSSR count). The number of para-hydroxylation sites is 1. The molecule has 9 heteroatoms. The molecule has 4 N–H and O–H groups in total. The van der Waals surface area contributed by atoms with Gasteiger partial charge in [0.25, 0.3) is 5.91 Å². The first-order chi connectivity index (χ1) is 18.6. The van der Waals surface area contributed by atoms with Crippen LogP contribution in [0.2, 0.25) is 0 Å². The molecule has 2 unspecified atom stereocenters. The van der Waals surface area contributed by atoms with Crippen molar-refractivity contribution in [3.8, 4) is 11.5 Å². The second-order valence-corrected chi connectivity index (χ2v) is 11.0. The van der Waals surface area contributed by atoms with E-state index in [-0.39, 0.29) is 41.1 Å². The summed E-state index contributed by atoms with van der Waals surface area (Å²) in [6, 6.07) is 13.4. The zero-order valence-electron chi connectivity index (χ0n) is 23.5. The van der Waals surface area contributed by atoms with Gasteiger partial charge in [-0.1, -0.05) is 32.0 Å². The summed E-state index contributed by atoms with van der Waals surface area (Å²) in [5.74, 6) is 1.81. The summed E-state index contributed by atoms with van der Waals surface area (Å²) in [7, 11) is 1.68. The number of amides is 2. The van der Waals surface area contributed by atoms with Crippen molar-refractivity contribution in [1.29, 1.82) is 0 Å². The lowest BCUT2D eigenvalue weighted by Crippen LogP contribution is -2.48. The molecule has 2 atom stereocenters. The number of fused-ring (bicyclic) bond motifs is 2. The van der Waals surface area contributed by atoms with Gasteiger partial charge in [0.05, 0.1) is 24.1 Å². The molecule has 0 radical (unpaired) electrons. The minimum atomic E-state index is -0.332. The zero-order valence-corrected chi connectivity index (χ0v) is 23.5. The number of hydrogen-bond donors (Lipinski definition) is 3. The summed E-state index contributed by atoms with van der Waals surface area (Å²) in [5.41, 5.74) is 7.56. The Morgan fingerprint density at radius 3 is 2.62 bits per heavy atom. The fourth-order valence-corrected chi connectivity index (χ4v) is 5.30. The smallest absolute Gasteiger partial charge is 0.251 e. The van der Waals surface area contributed by atoms with Crippen LogP contribution in [-0.2, 0) is 16.0 Å². The molecule has 2 aromatic rings. The van der Waals surface area contributed by atoms with Crippen molar-refractivity contribution < 1.29 is 23.8 Å². The van der Waals surface area contributed by atoms with E-state index in [1.54, 1.807) is 7.11 Å².